The van der Waals surface area contributed by atoms with Crippen molar-refractivity contribution in [3.63, 3.8) is 0 Å². The molecule has 2 amide bonds. The van der Waals surface area contributed by atoms with E-state index in [-0.39, 0.29) is 16.2 Å². The van der Waals surface area contributed by atoms with Crippen molar-refractivity contribution in [1.82, 2.24) is 9.88 Å². The van der Waals surface area contributed by atoms with Crippen LogP contribution >= 0.6 is 12.2 Å². The predicted molar refractivity (Wildman–Crippen MR) is 120 cm³/mol. The number of carbonyl (C=O) groups excluding carboxylic acids is 2. The zero-order chi connectivity index (χ0) is 22.1. The number of carboxylic acids is 1. The van der Waals surface area contributed by atoms with E-state index in [0.717, 1.165) is 5.56 Å². The van der Waals surface area contributed by atoms with Crippen molar-refractivity contribution in [2.75, 3.05) is 4.90 Å². The molecule has 0 unspecified atom stereocenters. The first-order chi connectivity index (χ1) is 14.9. The van der Waals surface area contributed by atoms with E-state index in [1.807, 2.05) is 19.1 Å². The average molecular weight is 431 g/mol. The molecule has 0 radical (unpaired) electrons. The van der Waals surface area contributed by atoms with E-state index < -0.39 is 17.8 Å². The van der Waals surface area contributed by atoms with Crippen molar-refractivity contribution in [2.45, 2.75) is 6.92 Å². The van der Waals surface area contributed by atoms with Crippen LogP contribution in [0.1, 0.15) is 21.6 Å². The Balaban J connectivity index is 1.77. The Bertz CT molecular complexity index is 1280. The number of aromatic carboxylic acids is 1. The number of anilines is 1. The van der Waals surface area contributed by atoms with Crippen molar-refractivity contribution in [2.24, 2.45) is 0 Å². The molecule has 7 nitrogen and oxygen atoms in total. The number of carbonyl (C=O) groups is 3. The smallest absolute Gasteiger partial charge is 0.335 e. The monoisotopic (exact) mass is 431 g/mol. The molecule has 1 aliphatic heterocycles. The van der Waals surface area contributed by atoms with Crippen LogP contribution < -0.4 is 10.2 Å². The van der Waals surface area contributed by atoms with Crippen molar-refractivity contribution >= 4 is 46.9 Å². The molecule has 2 N–H and O–H groups in total. The van der Waals surface area contributed by atoms with Crippen molar-refractivity contribution < 1.29 is 19.5 Å². The zero-order valence-corrected chi connectivity index (χ0v) is 17.2. The van der Waals surface area contributed by atoms with Gasteiger partial charge < -0.3 is 9.67 Å². The van der Waals surface area contributed by atoms with Gasteiger partial charge in [-0.3, -0.25) is 19.8 Å². The Morgan fingerprint density at radius 3 is 2.58 bits per heavy atom. The highest BCUT2D eigenvalue weighted by molar-refractivity contribution is 7.80. The number of carboxylic acid groups (broad SMARTS) is 1. The van der Waals surface area contributed by atoms with Gasteiger partial charge in [0.2, 0.25) is 0 Å². The third-order valence-electron chi connectivity index (χ3n) is 4.90. The Hall–Kier alpha value is -4.04. The number of benzene rings is 2. The molecule has 1 aromatic heterocycles. The lowest BCUT2D eigenvalue weighted by molar-refractivity contribution is -0.122. The fourth-order valence-electron chi connectivity index (χ4n) is 3.37. The van der Waals surface area contributed by atoms with Crippen LogP contribution in [0.15, 0.2) is 72.4 Å². The van der Waals surface area contributed by atoms with Crippen LogP contribution in [-0.4, -0.2) is 32.6 Å². The minimum absolute atomic E-state index is 0.0194. The lowest BCUT2D eigenvalue weighted by Gasteiger charge is -2.30. The van der Waals surface area contributed by atoms with Crippen LogP contribution in [0.25, 0.3) is 11.8 Å². The van der Waals surface area contributed by atoms with Gasteiger partial charge in [0.1, 0.15) is 5.57 Å². The number of aryl methyl sites for hydroxylation is 1. The maximum Gasteiger partial charge on any atom is 0.335 e. The molecule has 2 heterocycles. The van der Waals surface area contributed by atoms with Crippen molar-refractivity contribution in [1.29, 1.82) is 0 Å². The summed E-state index contributed by atoms with van der Waals surface area (Å²) in [6, 6.07) is 17.1. The van der Waals surface area contributed by atoms with E-state index in [0.29, 0.717) is 17.1 Å². The maximum absolute atomic E-state index is 13.2. The van der Waals surface area contributed by atoms with E-state index in [4.69, 9.17) is 12.2 Å². The van der Waals surface area contributed by atoms with Gasteiger partial charge in [0.15, 0.2) is 5.11 Å². The summed E-state index contributed by atoms with van der Waals surface area (Å²) in [4.78, 5) is 38.4. The van der Waals surface area contributed by atoms with Crippen LogP contribution in [0.5, 0.6) is 0 Å². The van der Waals surface area contributed by atoms with Gasteiger partial charge in [-0.1, -0.05) is 24.3 Å². The zero-order valence-electron chi connectivity index (χ0n) is 16.4. The van der Waals surface area contributed by atoms with E-state index in [1.165, 1.54) is 23.1 Å². The number of amides is 2. The summed E-state index contributed by atoms with van der Waals surface area (Å²) in [6.45, 7) is 1.85. The Morgan fingerprint density at radius 1 is 1.06 bits per heavy atom. The number of thiocarbonyl (C=S) groups is 1. The standard InChI is InChI=1S/C23H17N3O4S/c1-14-6-2-3-10-19(14)26-21(28)18(20(27)24-23(26)31)13-17-9-5-11-25(17)16-8-4-7-15(12-16)22(29)30/h2-13H,1H3,(H,29,30)(H,24,27,31)/b18-13+. The van der Waals surface area contributed by atoms with Gasteiger partial charge in [-0.2, -0.15) is 0 Å². The number of nitrogens with one attached hydrogen (secondary N) is 1. The second-order valence-electron chi connectivity index (χ2n) is 6.90. The van der Waals surface area contributed by atoms with Crippen LogP contribution in [0.2, 0.25) is 0 Å². The number of rotatable bonds is 4. The molecule has 4 rings (SSSR count). The molecule has 1 fully saturated rings. The molecule has 154 valence electrons. The summed E-state index contributed by atoms with van der Waals surface area (Å²) < 4.78 is 1.70. The predicted octanol–water partition coefficient (Wildman–Crippen LogP) is 3.32. The van der Waals surface area contributed by atoms with Gasteiger partial charge in [0.05, 0.1) is 11.3 Å². The lowest BCUT2D eigenvalue weighted by Crippen LogP contribution is -2.54. The van der Waals surface area contributed by atoms with Gasteiger partial charge >= 0.3 is 5.97 Å². The average Bonchev–Trinajstić information content (AvgIpc) is 3.21. The van der Waals surface area contributed by atoms with Crippen LogP contribution in [-0.2, 0) is 9.59 Å². The van der Waals surface area contributed by atoms with Crippen molar-refractivity contribution in [3.8, 4) is 5.69 Å². The van der Waals surface area contributed by atoms with Gasteiger partial charge in [-0.15, -0.1) is 0 Å². The summed E-state index contributed by atoms with van der Waals surface area (Å²) in [5.41, 5.74) is 2.61. The first-order valence-corrected chi connectivity index (χ1v) is 9.76. The molecule has 0 atom stereocenters. The molecule has 8 heteroatoms. The first-order valence-electron chi connectivity index (χ1n) is 9.35. The molecule has 2 aromatic carbocycles. The Kier molecular flexibility index (Phi) is 5.22. The topological polar surface area (TPSA) is 91.6 Å². The SMILES string of the molecule is Cc1ccccc1N1C(=O)/C(=C/c2cccn2-c2cccc(C(=O)O)c2)C(=O)NC1=S. The van der Waals surface area contributed by atoms with Crippen molar-refractivity contribution in [3.05, 3.63) is 89.3 Å². The third-order valence-corrected chi connectivity index (χ3v) is 5.19. The van der Waals surface area contributed by atoms with Gasteiger partial charge in [-0.25, -0.2) is 4.79 Å². The minimum Gasteiger partial charge on any atom is -0.478 e. The highest BCUT2D eigenvalue weighted by Gasteiger charge is 2.35. The molecular weight excluding hydrogens is 414 g/mol. The van der Waals surface area contributed by atoms with Gasteiger partial charge in [0, 0.05) is 17.6 Å². The number of hydrogen-bond donors (Lipinski definition) is 2. The molecule has 0 aliphatic carbocycles. The first kappa shape index (κ1) is 20.2. The second-order valence-corrected chi connectivity index (χ2v) is 7.29. The van der Waals surface area contributed by atoms with Gasteiger partial charge in [-0.05, 0) is 67.2 Å². The number of hydrogen-bond acceptors (Lipinski definition) is 4. The minimum atomic E-state index is -1.04. The van der Waals surface area contributed by atoms with E-state index in [1.54, 1.807) is 47.2 Å². The Morgan fingerprint density at radius 2 is 1.84 bits per heavy atom. The Labute approximate surface area is 183 Å². The number of para-hydroxylation sites is 1. The van der Waals surface area contributed by atoms with Gasteiger partial charge in [0.25, 0.3) is 11.8 Å². The highest BCUT2D eigenvalue weighted by Crippen LogP contribution is 2.25. The molecule has 0 bridgehead atoms. The number of nitrogens with zero attached hydrogens (tertiary/aromatic N) is 2. The fraction of sp³-hybridized carbons (Fsp3) is 0.0435. The summed E-state index contributed by atoms with van der Waals surface area (Å²) >= 11 is 5.25. The van der Waals surface area contributed by atoms with Crippen LogP contribution in [0.4, 0.5) is 5.69 Å². The summed E-state index contributed by atoms with van der Waals surface area (Å²) in [5.74, 6) is -2.17. The molecule has 1 saturated heterocycles. The molecule has 31 heavy (non-hydrogen) atoms. The van der Waals surface area contributed by atoms with E-state index in [9.17, 15) is 19.5 Å². The molecular formula is C23H17N3O4S. The normalized spacial score (nSPS) is 15.3. The second kappa shape index (κ2) is 8.00. The maximum atomic E-state index is 13.2. The summed E-state index contributed by atoms with van der Waals surface area (Å²) in [7, 11) is 0. The lowest BCUT2D eigenvalue weighted by atomic mass is 10.1. The largest absolute Gasteiger partial charge is 0.478 e. The van der Waals surface area contributed by atoms with E-state index >= 15 is 0 Å². The fourth-order valence-corrected chi connectivity index (χ4v) is 3.65. The van der Waals surface area contributed by atoms with Crippen LogP contribution in [0.3, 0.4) is 0 Å². The summed E-state index contributed by atoms with van der Waals surface area (Å²) in [6.07, 6.45) is 3.19. The van der Waals surface area contributed by atoms with Crippen LogP contribution in [0, 0.1) is 6.92 Å². The number of aromatic nitrogens is 1. The third kappa shape index (κ3) is 3.76. The van der Waals surface area contributed by atoms with E-state index in [2.05, 4.69) is 5.32 Å². The molecule has 0 spiro atoms. The quantitative estimate of drug-likeness (QED) is 0.376. The molecule has 1 aliphatic rings. The summed E-state index contributed by atoms with van der Waals surface area (Å²) in [5, 5.41) is 11.8. The molecule has 3 aromatic rings. The molecule has 0 saturated carbocycles. The highest BCUT2D eigenvalue weighted by atomic mass is 32.1.